The molecular weight excluding hydrogens is 340 g/mol. The average molecular weight is 358 g/mol. The molecule has 1 aliphatic rings. The molecule has 0 spiro atoms. The first-order valence-electron chi connectivity index (χ1n) is 7.98. The minimum absolute atomic E-state index is 0.0869. The highest BCUT2D eigenvalue weighted by Gasteiger charge is 2.31. The molecule has 0 amide bonds. The van der Waals surface area contributed by atoms with E-state index in [1.54, 1.807) is 19.4 Å². The molecule has 4 rings (SSSR count). The second kappa shape index (κ2) is 6.08. The maximum absolute atomic E-state index is 12.7. The van der Waals surface area contributed by atoms with Crippen LogP contribution in [0.25, 0.3) is 10.9 Å². The Morgan fingerprint density at radius 3 is 2.60 bits per heavy atom. The van der Waals surface area contributed by atoms with Crippen molar-refractivity contribution in [2.45, 2.75) is 5.16 Å². The molecule has 1 aliphatic heterocycles. The van der Waals surface area contributed by atoms with Crippen molar-refractivity contribution in [2.75, 3.05) is 31.1 Å². The largest absolute Gasteiger partial charge is 0.369 e. The van der Waals surface area contributed by atoms with Crippen molar-refractivity contribution in [3.05, 3.63) is 43.1 Å². The molecule has 0 aliphatic carbocycles. The lowest BCUT2D eigenvalue weighted by molar-refractivity contribution is 0.380. The number of aryl methyl sites for hydroxylation is 1. The molecule has 3 heterocycles. The monoisotopic (exact) mass is 358 g/mol. The summed E-state index contributed by atoms with van der Waals surface area (Å²) in [5.41, 5.74) is 1.95. The van der Waals surface area contributed by atoms with Crippen LogP contribution in [0, 0.1) is 0 Å². The third-order valence-corrected chi connectivity index (χ3v) is 6.34. The van der Waals surface area contributed by atoms with Crippen LogP contribution in [0.15, 0.2) is 48.3 Å². The second-order valence-electron chi connectivity index (χ2n) is 5.98. The quantitative estimate of drug-likeness (QED) is 0.691. The maximum atomic E-state index is 12.7. The Balaban J connectivity index is 1.52. The normalized spacial score (nSPS) is 16.4. The van der Waals surface area contributed by atoms with Crippen LogP contribution < -0.4 is 4.90 Å². The van der Waals surface area contributed by atoms with Crippen molar-refractivity contribution >= 4 is 26.6 Å². The van der Waals surface area contributed by atoms with Gasteiger partial charge in [-0.15, -0.1) is 0 Å². The van der Waals surface area contributed by atoms with Gasteiger partial charge in [-0.2, -0.15) is 4.31 Å². The molecule has 0 saturated carbocycles. The molecule has 0 bridgehead atoms. The molecule has 0 N–H and O–H groups in total. The smallest absolute Gasteiger partial charge is 0.277 e. The van der Waals surface area contributed by atoms with Gasteiger partial charge in [-0.25, -0.2) is 23.4 Å². The lowest BCUT2D eigenvalue weighted by Crippen LogP contribution is -2.49. The average Bonchev–Trinajstić information content (AvgIpc) is 3.08. The number of sulfonamides is 1. The zero-order chi connectivity index (χ0) is 17.4. The molecule has 0 unspecified atom stereocenters. The van der Waals surface area contributed by atoms with E-state index < -0.39 is 10.0 Å². The molecule has 1 fully saturated rings. The van der Waals surface area contributed by atoms with E-state index in [0.717, 1.165) is 16.6 Å². The van der Waals surface area contributed by atoms with E-state index in [1.807, 2.05) is 18.2 Å². The van der Waals surface area contributed by atoms with E-state index in [-0.39, 0.29) is 5.16 Å². The SMILES string of the molecule is Cn1ccnc1S(=O)(=O)N1CCN(c2ccc3ncncc3c2)CC1. The fourth-order valence-corrected chi connectivity index (χ4v) is 4.57. The van der Waals surface area contributed by atoms with Crippen LogP contribution in [0.5, 0.6) is 0 Å². The van der Waals surface area contributed by atoms with Gasteiger partial charge in [0.2, 0.25) is 5.16 Å². The Labute approximate surface area is 145 Å². The minimum Gasteiger partial charge on any atom is -0.369 e. The number of fused-ring (bicyclic) bond motifs is 1. The van der Waals surface area contributed by atoms with E-state index in [4.69, 9.17) is 0 Å². The molecule has 2 aromatic heterocycles. The van der Waals surface area contributed by atoms with E-state index in [0.29, 0.717) is 26.2 Å². The number of imidazole rings is 1. The van der Waals surface area contributed by atoms with E-state index in [1.165, 1.54) is 21.4 Å². The molecule has 8 nitrogen and oxygen atoms in total. The number of hydrogen-bond acceptors (Lipinski definition) is 6. The first kappa shape index (κ1) is 16.0. The van der Waals surface area contributed by atoms with Crippen LogP contribution in [0.4, 0.5) is 5.69 Å². The number of aromatic nitrogens is 4. The number of nitrogens with zero attached hydrogens (tertiary/aromatic N) is 6. The van der Waals surface area contributed by atoms with Crippen LogP contribution in [0.3, 0.4) is 0 Å². The van der Waals surface area contributed by atoms with Gasteiger partial charge in [-0.1, -0.05) is 0 Å². The highest BCUT2D eigenvalue weighted by atomic mass is 32.2. The summed E-state index contributed by atoms with van der Waals surface area (Å²) in [6.07, 6.45) is 6.46. The summed E-state index contributed by atoms with van der Waals surface area (Å²) in [7, 11) is -1.86. The molecule has 0 radical (unpaired) electrons. The molecule has 0 atom stereocenters. The lowest BCUT2D eigenvalue weighted by atomic mass is 10.2. The zero-order valence-corrected chi connectivity index (χ0v) is 14.6. The molecule has 1 aromatic carbocycles. The number of benzene rings is 1. The van der Waals surface area contributed by atoms with Gasteiger partial charge in [0, 0.05) is 62.9 Å². The number of piperazine rings is 1. The molecule has 1 saturated heterocycles. The molecule has 3 aromatic rings. The highest BCUT2D eigenvalue weighted by Crippen LogP contribution is 2.23. The first-order chi connectivity index (χ1) is 12.1. The lowest BCUT2D eigenvalue weighted by Gasteiger charge is -2.35. The summed E-state index contributed by atoms with van der Waals surface area (Å²) in [5, 5.41) is 1.06. The first-order valence-corrected chi connectivity index (χ1v) is 9.42. The highest BCUT2D eigenvalue weighted by molar-refractivity contribution is 7.89. The van der Waals surface area contributed by atoms with Crippen molar-refractivity contribution < 1.29 is 8.42 Å². The van der Waals surface area contributed by atoms with Crippen LogP contribution in [0.2, 0.25) is 0 Å². The van der Waals surface area contributed by atoms with E-state index >= 15 is 0 Å². The van der Waals surface area contributed by atoms with Crippen LogP contribution >= 0.6 is 0 Å². The summed E-state index contributed by atoms with van der Waals surface area (Å²) in [5.74, 6) is 0. The van der Waals surface area contributed by atoms with Crippen molar-refractivity contribution in [2.24, 2.45) is 7.05 Å². The van der Waals surface area contributed by atoms with Gasteiger partial charge < -0.3 is 9.47 Å². The topological polar surface area (TPSA) is 84.2 Å². The third-order valence-electron chi connectivity index (χ3n) is 4.44. The van der Waals surface area contributed by atoms with Crippen molar-refractivity contribution in [3.63, 3.8) is 0 Å². The number of rotatable bonds is 3. The van der Waals surface area contributed by atoms with Gasteiger partial charge in [0.15, 0.2) is 0 Å². The van der Waals surface area contributed by atoms with E-state index in [9.17, 15) is 8.42 Å². The zero-order valence-electron chi connectivity index (χ0n) is 13.8. The van der Waals surface area contributed by atoms with Gasteiger partial charge in [-0.3, -0.25) is 0 Å². The second-order valence-corrected chi connectivity index (χ2v) is 7.81. The summed E-state index contributed by atoms with van der Waals surface area (Å²) in [6, 6.07) is 6.01. The molecular formula is C16H18N6O2S. The van der Waals surface area contributed by atoms with Gasteiger partial charge in [0.25, 0.3) is 10.0 Å². The Morgan fingerprint density at radius 1 is 1.08 bits per heavy atom. The number of anilines is 1. The van der Waals surface area contributed by atoms with Crippen molar-refractivity contribution in [1.29, 1.82) is 0 Å². The summed E-state index contributed by atoms with van der Waals surface area (Å²) in [6.45, 7) is 2.11. The predicted molar refractivity (Wildman–Crippen MR) is 93.7 cm³/mol. The van der Waals surface area contributed by atoms with Crippen LogP contribution in [0.1, 0.15) is 0 Å². The molecule has 9 heteroatoms. The van der Waals surface area contributed by atoms with Gasteiger partial charge in [0.1, 0.15) is 6.33 Å². The van der Waals surface area contributed by atoms with Gasteiger partial charge in [0.05, 0.1) is 5.52 Å². The van der Waals surface area contributed by atoms with Crippen LogP contribution in [-0.4, -0.2) is 58.4 Å². The van der Waals surface area contributed by atoms with Crippen LogP contribution in [-0.2, 0) is 17.1 Å². The van der Waals surface area contributed by atoms with Gasteiger partial charge in [-0.05, 0) is 18.2 Å². The summed E-state index contributed by atoms with van der Waals surface area (Å²) in [4.78, 5) is 14.4. The summed E-state index contributed by atoms with van der Waals surface area (Å²) >= 11 is 0. The van der Waals surface area contributed by atoms with Crippen molar-refractivity contribution in [3.8, 4) is 0 Å². The Morgan fingerprint density at radius 2 is 1.88 bits per heavy atom. The van der Waals surface area contributed by atoms with Crippen molar-refractivity contribution in [1.82, 2.24) is 23.8 Å². The fraction of sp³-hybridized carbons (Fsp3) is 0.312. The predicted octanol–water partition coefficient (Wildman–Crippen LogP) is 0.874. The standard InChI is InChI=1S/C16H18N6O2S/c1-20-5-4-18-16(20)25(23,24)22-8-6-21(7-9-22)14-2-3-15-13(10-14)11-17-12-19-15/h2-5,10-12H,6-9H2,1H3. The number of hydrogen-bond donors (Lipinski definition) is 0. The Kier molecular flexibility index (Phi) is 3.89. The maximum Gasteiger partial charge on any atom is 0.277 e. The van der Waals surface area contributed by atoms with Gasteiger partial charge >= 0.3 is 0 Å². The Hall–Kier alpha value is -2.52. The third kappa shape index (κ3) is 2.85. The molecule has 130 valence electrons. The summed E-state index contributed by atoms with van der Waals surface area (Å²) < 4.78 is 28.4. The van der Waals surface area contributed by atoms with E-state index in [2.05, 4.69) is 19.9 Å². The fourth-order valence-electron chi connectivity index (χ4n) is 3.07. The Bertz CT molecular complexity index is 1010. The molecule has 25 heavy (non-hydrogen) atoms. The minimum atomic E-state index is -3.55.